The van der Waals surface area contributed by atoms with Gasteiger partial charge in [0.25, 0.3) is 0 Å². The highest BCUT2D eigenvalue weighted by atomic mass is 35.5. The molecule has 1 aromatic heterocycles. The zero-order chi connectivity index (χ0) is 28.3. The van der Waals surface area contributed by atoms with E-state index in [0.717, 1.165) is 25.0 Å². The SMILES string of the molecule is C=NC(=N[C@@H]1CCCN(C(C)=O)C1)Nc1c(C)nc(Nc2c(F)cc(F)cc2Cl)n1C1CCC(C(N)=O)CC1. The van der Waals surface area contributed by atoms with Crippen LogP contribution in [0.25, 0.3) is 0 Å². The zero-order valence-electron chi connectivity index (χ0n) is 22.0. The Morgan fingerprint density at radius 1 is 1.21 bits per heavy atom. The number of hydrogen-bond acceptors (Lipinski definition) is 5. The van der Waals surface area contributed by atoms with Gasteiger partial charge in [-0.1, -0.05) is 11.6 Å². The zero-order valence-corrected chi connectivity index (χ0v) is 22.8. The normalized spacial score (nSPS) is 21.9. The van der Waals surface area contributed by atoms with E-state index < -0.39 is 11.6 Å². The van der Waals surface area contributed by atoms with Crippen LogP contribution in [0.4, 0.5) is 26.2 Å². The first-order chi connectivity index (χ1) is 18.6. The lowest BCUT2D eigenvalue weighted by Crippen LogP contribution is -2.41. The van der Waals surface area contributed by atoms with Crippen molar-refractivity contribution in [2.24, 2.45) is 21.6 Å². The van der Waals surface area contributed by atoms with Crippen LogP contribution in [0.2, 0.25) is 5.02 Å². The molecule has 2 heterocycles. The first-order valence-electron chi connectivity index (χ1n) is 12.9. The lowest BCUT2D eigenvalue weighted by Gasteiger charge is -2.31. The molecule has 1 aliphatic heterocycles. The van der Waals surface area contributed by atoms with Crippen molar-refractivity contribution in [3.8, 4) is 0 Å². The molecule has 4 N–H and O–H groups in total. The molecule has 0 unspecified atom stereocenters. The van der Waals surface area contributed by atoms with Gasteiger partial charge in [-0.25, -0.2) is 23.7 Å². The maximum Gasteiger partial charge on any atom is 0.223 e. The highest BCUT2D eigenvalue weighted by Gasteiger charge is 2.30. The summed E-state index contributed by atoms with van der Waals surface area (Å²) >= 11 is 6.16. The summed E-state index contributed by atoms with van der Waals surface area (Å²) in [6, 6.07) is 1.49. The Kier molecular flexibility index (Phi) is 8.83. The fourth-order valence-corrected chi connectivity index (χ4v) is 5.51. The smallest absolute Gasteiger partial charge is 0.223 e. The van der Waals surface area contributed by atoms with Crippen LogP contribution in [0.15, 0.2) is 22.1 Å². The number of amides is 2. The molecule has 4 rings (SSSR count). The van der Waals surface area contributed by atoms with Gasteiger partial charge in [-0.05, 0) is 58.2 Å². The minimum atomic E-state index is -0.860. The topological polar surface area (TPSA) is 130 Å². The molecule has 1 aliphatic carbocycles. The standard InChI is InChI=1S/C26H33ClF2N8O2/c1-14-24(35-25(31-3)33-18-5-4-10-36(13-18)15(2)38)37(19-8-6-16(7-9-19)23(30)39)26(32-14)34-22-20(27)11-17(28)12-21(22)29/h11-12,16,18-19H,3-10,13H2,1-2H3,(H2,30,39)(H,32,34)(H,33,35)/t16?,18-,19?/m1/s1. The summed E-state index contributed by atoms with van der Waals surface area (Å²) in [5.41, 5.74) is 6.00. The fraction of sp³-hybridized carbons (Fsp3) is 0.500. The van der Waals surface area contributed by atoms with E-state index in [1.165, 1.54) is 6.92 Å². The van der Waals surface area contributed by atoms with Crippen LogP contribution >= 0.6 is 11.6 Å². The van der Waals surface area contributed by atoms with E-state index >= 15 is 0 Å². The minimum Gasteiger partial charge on any atom is -0.369 e. The number of anilines is 3. The second-order valence-electron chi connectivity index (χ2n) is 10.0. The van der Waals surface area contributed by atoms with Crippen LogP contribution in [-0.2, 0) is 9.59 Å². The number of primary amides is 1. The summed E-state index contributed by atoms with van der Waals surface area (Å²) in [5, 5.41) is 6.04. The van der Waals surface area contributed by atoms with Crippen molar-refractivity contribution in [1.29, 1.82) is 0 Å². The number of likely N-dealkylation sites (tertiary alicyclic amines) is 1. The number of aliphatic imine (C=N–C) groups is 2. The maximum absolute atomic E-state index is 14.7. The number of guanidine groups is 1. The molecule has 0 radical (unpaired) electrons. The molecule has 2 fully saturated rings. The van der Waals surface area contributed by atoms with Crippen molar-refractivity contribution in [3.63, 3.8) is 0 Å². The summed E-state index contributed by atoms with van der Waals surface area (Å²) < 4.78 is 30.2. The largest absolute Gasteiger partial charge is 0.369 e. The molecule has 1 saturated heterocycles. The van der Waals surface area contributed by atoms with Gasteiger partial charge in [0, 0.05) is 38.0 Å². The maximum atomic E-state index is 14.7. The lowest BCUT2D eigenvalue weighted by atomic mass is 9.85. The van der Waals surface area contributed by atoms with Crippen molar-refractivity contribution in [2.45, 2.75) is 64.5 Å². The molecular formula is C26H33ClF2N8O2. The molecule has 10 nitrogen and oxygen atoms in total. The van der Waals surface area contributed by atoms with Crippen molar-refractivity contribution in [2.75, 3.05) is 23.7 Å². The molecule has 13 heteroatoms. The van der Waals surface area contributed by atoms with Gasteiger partial charge in [-0.2, -0.15) is 0 Å². The Bertz CT molecular complexity index is 1270. The van der Waals surface area contributed by atoms with Gasteiger partial charge in [0.2, 0.25) is 23.7 Å². The molecule has 39 heavy (non-hydrogen) atoms. The molecule has 0 spiro atoms. The Hall–Kier alpha value is -3.54. The quantitative estimate of drug-likeness (QED) is 0.351. The molecule has 2 amide bonds. The van der Waals surface area contributed by atoms with Gasteiger partial charge in [-0.3, -0.25) is 14.2 Å². The van der Waals surface area contributed by atoms with Gasteiger partial charge < -0.3 is 21.3 Å². The predicted molar refractivity (Wildman–Crippen MR) is 148 cm³/mol. The summed E-state index contributed by atoms with van der Waals surface area (Å²) in [5.74, 6) is -1.09. The Labute approximate surface area is 230 Å². The number of piperidine rings is 1. The monoisotopic (exact) mass is 562 g/mol. The highest BCUT2D eigenvalue weighted by molar-refractivity contribution is 6.33. The number of halogens is 3. The summed E-state index contributed by atoms with van der Waals surface area (Å²) in [6.07, 6.45) is 4.05. The van der Waals surface area contributed by atoms with E-state index in [1.54, 1.807) is 11.8 Å². The van der Waals surface area contributed by atoms with Gasteiger partial charge in [-0.15, -0.1) is 0 Å². The van der Waals surface area contributed by atoms with Gasteiger partial charge in [0.15, 0.2) is 5.82 Å². The Morgan fingerprint density at radius 3 is 2.54 bits per heavy atom. The van der Waals surface area contributed by atoms with Gasteiger partial charge in [0.05, 0.1) is 22.4 Å². The molecule has 1 aromatic carbocycles. The van der Waals surface area contributed by atoms with Crippen LogP contribution in [0.1, 0.15) is 57.2 Å². The number of aromatic nitrogens is 2. The number of imidazole rings is 1. The average Bonchev–Trinajstić information content (AvgIpc) is 3.20. The summed E-state index contributed by atoms with van der Waals surface area (Å²) in [6.45, 7) is 8.16. The van der Waals surface area contributed by atoms with E-state index in [-0.39, 0.29) is 52.4 Å². The number of nitrogens with zero attached hydrogens (tertiary/aromatic N) is 5. The molecule has 210 valence electrons. The fourth-order valence-electron chi connectivity index (χ4n) is 5.27. The second kappa shape index (κ2) is 12.1. The number of nitrogens with two attached hydrogens (primary N) is 1. The Balaban J connectivity index is 1.69. The number of rotatable bonds is 6. The van der Waals surface area contributed by atoms with Crippen molar-refractivity contribution in [1.82, 2.24) is 14.5 Å². The molecule has 1 atom stereocenters. The van der Waals surface area contributed by atoms with Crippen LogP contribution in [-0.4, -0.2) is 58.1 Å². The van der Waals surface area contributed by atoms with Gasteiger partial charge >= 0.3 is 0 Å². The van der Waals surface area contributed by atoms with Crippen molar-refractivity contribution >= 4 is 53.5 Å². The van der Waals surface area contributed by atoms with E-state index in [9.17, 15) is 18.4 Å². The number of hydrogen-bond donors (Lipinski definition) is 3. The van der Waals surface area contributed by atoms with E-state index in [0.29, 0.717) is 50.3 Å². The van der Waals surface area contributed by atoms with Gasteiger partial charge in [0.1, 0.15) is 11.6 Å². The van der Waals surface area contributed by atoms with Crippen LogP contribution < -0.4 is 16.4 Å². The van der Waals surface area contributed by atoms with E-state index in [2.05, 4.69) is 27.3 Å². The first kappa shape index (κ1) is 28.5. The molecular weight excluding hydrogens is 530 g/mol. The number of nitrogens with one attached hydrogen (secondary N) is 2. The third-order valence-electron chi connectivity index (χ3n) is 7.32. The number of carbonyl (C=O) groups excluding carboxylic acids is 2. The third-order valence-corrected chi connectivity index (χ3v) is 7.62. The van der Waals surface area contributed by atoms with Crippen LogP contribution in [0.3, 0.4) is 0 Å². The van der Waals surface area contributed by atoms with Crippen molar-refractivity contribution in [3.05, 3.63) is 34.5 Å². The number of benzene rings is 1. The average molecular weight is 563 g/mol. The Morgan fingerprint density at radius 2 is 1.92 bits per heavy atom. The predicted octanol–water partition coefficient (Wildman–Crippen LogP) is 4.56. The summed E-state index contributed by atoms with van der Waals surface area (Å²) in [4.78, 5) is 38.8. The number of aryl methyl sites for hydroxylation is 1. The molecule has 2 aromatic rings. The van der Waals surface area contributed by atoms with E-state index in [4.69, 9.17) is 22.3 Å². The van der Waals surface area contributed by atoms with E-state index in [1.807, 2.05) is 4.57 Å². The third kappa shape index (κ3) is 6.55. The molecule has 0 bridgehead atoms. The summed E-state index contributed by atoms with van der Waals surface area (Å²) in [7, 11) is 0. The minimum absolute atomic E-state index is 0.00106. The van der Waals surface area contributed by atoms with Crippen LogP contribution in [0, 0.1) is 24.5 Å². The second-order valence-corrected chi connectivity index (χ2v) is 10.4. The first-order valence-corrected chi connectivity index (χ1v) is 13.3. The highest BCUT2D eigenvalue weighted by Crippen LogP contribution is 2.39. The number of carbonyl (C=O) groups is 2. The molecule has 1 saturated carbocycles. The van der Waals surface area contributed by atoms with Crippen LogP contribution in [0.5, 0.6) is 0 Å². The lowest BCUT2D eigenvalue weighted by molar-refractivity contribution is -0.130. The van der Waals surface area contributed by atoms with Crippen molar-refractivity contribution < 1.29 is 18.4 Å². The molecule has 2 aliphatic rings.